The molecule has 0 aliphatic carbocycles. The number of hydrogen-bond donors (Lipinski definition) is 0. The highest BCUT2D eigenvalue weighted by molar-refractivity contribution is 9.10. The van der Waals surface area contributed by atoms with Crippen LogP contribution in [0.5, 0.6) is 0 Å². The highest BCUT2D eigenvalue weighted by Gasteiger charge is 2.04. The molecule has 1 aromatic heterocycles. The number of aromatic nitrogens is 1. The topological polar surface area (TPSA) is 51.4 Å². The van der Waals surface area contributed by atoms with Crippen molar-refractivity contribution in [3.05, 3.63) is 56.9 Å². The van der Waals surface area contributed by atoms with E-state index in [0.29, 0.717) is 11.3 Å². The quantitative estimate of drug-likeness (QED) is 0.830. The molecular weight excluding hydrogens is 340 g/mol. The molecule has 0 saturated carbocycles. The van der Waals surface area contributed by atoms with Gasteiger partial charge in [-0.05, 0) is 41.1 Å². The molecule has 20 heavy (non-hydrogen) atoms. The second-order valence-electron chi connectivity index (χ2n) is 4.81. The standard InChI is InChI=1S/C14H15BrN2O2S/c1-10-9-17(7-6-14(10)18)13-5-4-11(8-12(13)15)16-20(2,3)19/h4-9H,1-3H3. The van der Waals surface area contributed by atoms with E-state index in [4.69, 9.17) is 0 Å². The van der Waals surface area contributed by atoms with Gasteiger partial charge in [-0.3, -0.25) is 4.79 Å². The second kappa shape index (κ2) is 5.54. The van der Waals surface area contributed by atoms with Crippen molar-refractivity contribution in [2.75, 3.05) is 12.5 Å². The molecule has 106 valence electrons. The van der Waals surface area contributed by atoms with Crippen molar-refractivity contribution in [1.29, 1.82) is 0 Å². The summed E-state index contributed by atoms with van der Waals surface area (Å²) in [6.07, 6.45) is 6.69. The molecule has 0 atom stereocenters. The van der Waals surface area contributed by atoms with E-state index < -0.39 is 9.73 Å². The molecule has 1 aromatic carbocycles. The third-order valence-corrected chi connectivity index (χ3v) is 3.93. The minimum absolute atomic E-state index is 0.0145. The van der Waals surface area contributed by atoms with Gasteiger partial charge >= 0.3 is 0 Å². The molecule has 1 heterocycles. The minimum atomic E-state index is -2.18. The van der Waals surface area contributed by atoms with Gasteiger partial charge < -0.3 is 4.57 Å². The number of benzene rings is 1. The molecule has 0 amide bonds. The van der Waals surface area contributed by atoms with Crippen LogP contribution in [0.15, 0.2) is 50.3 Å². The average Bonchev–Trinajstić information content (AvgIpc) is 2.31. The van der Waals surface area contributed by atoms with E-state index in [-0.39, 0.29) is 5.43 Å². The van der Waals surface area contributed by atoms with Crippen molar-refractivity contribution >= 4 is 31.3 Å². The lowest BCUT2D eigenvalue weighted by atomic mass is 10.2. The number of aryl methyl sites for hydroxylation is 1. The van der Waals surface area contributed by atoms with Crippen LogP contribution in [0.2, 0.25) is 0 Å². The van der Waals surface area contributed by atoms with Gasteiger partial charge in [0.2, 0.25) is 0 Å². The van der Waals surface area contributed by atoms with Crippen LogP contribution in [-0.4, -0.2) is 21.3 Å². The maximum Gasteiger partial charge on any atom is 0.184 e. The van der Waals surface area contributed by atoms with E-state index in [1.807, 2.05) is 16.7 Å². The number of halogens is 1. The normalized spacial score (nSPS) is 11.4. The lowest BCUT2D eigenvalue weighted by molar-refractivity contribution is 0.684. The van der Waals surface area contributed by atoms with Gasteiger partial charge in [0.05, 0.1) is 11.4 Å². The molecule has 0 radical (unpaired) electrons. The first-order valence-electron chi connectivity index (χ1n) is 5.92. The van der Waals surface area contributed by atoms with E-state index in [1.54, 1.807) is 37.9 Å². The Morgan fingerprint density at radius 2 is 1.95 bits per heavy atom. The van der Waals surface area contributed by atoms with Gasteiger partial charge in [-0.2, -0.15) is 4.36 Å². The second-order valence-corrected chi connectivity index (χ2v) is 8.21. The third kappa shape index (κ3) is 3.58. The molecule has 0 N–H and O–H groups in total. The summed E-state index contributed by atoms with van der Waals surface area (Å²) in [5.41, 5.74) is 2.25. The zero-order valence-corrected chi connectivity index (χ0v) is 13.9. The lowest BCUT2D eigenvalue weighted by Gasteiger charge is -2.10. The van der Waals surface area contributed by atoms with Crippen molar-refractivity contribution in [1.82, 2.24) is 4.57 Å². The number of rotatable bonds is 2. The Hall–Kier alpha value is -1.40. The van der Waals surface area contributed by atoms with Crippen molar-refractivity contribution < 1.29 is 4.21 Å². The molecule has 0 spiro atoms. The van der Waals surface area contributed by atoms with E-state index in [9.17, 15) is 9.00 Å². The van der Waals surface area contributed by atoms with E-state index in [0.717, 1.165) is 10.2 Å². The van der Waals surface area contributed by atoms with Crippen LogP contribution in [0.4, 0.5) is 5.69 Å². The summed E-state index contributed by atoms with van der Waals surface area (Å²) in [7, 11) is -2.18. The summed E-state index contributed by atoms with van der Waals surface area (Å²) in [5.74, 6) is 0. The summed E-state index contributed by atoms with van der Waals surface area (Å²) in [5, 5.41) is 0. The lowest BCUT2D eigenvalue weighted by Crippen LogP contribution is -2.07. The van der Waals surface area contributed by atoms with Crippen molar-refractivity contribution in [3.63, 3.8) is 0 Å². The maximum absolute atomic E-state index is 11.7. The summed E-state index contributed by atoms with van der Waals surface area (Å²) >= 11 is 3.48. The smallest absolute Gasteiger partial charge is 0.184 e. The van der Waals surface area contributed by atoms with Crippen molar-refractivity contribution in [2.24, 2.45) is 4.36 Å². The molecule has 0 saturated heterocycles. The first-order chi connectivity index (χ1) is 9.26. The Morgan fingerprint density at radius 1 is 1.25 bits per heavy atom. The fourth-order valence-electron chi connectivity index (χ4n) is 1.76. The predicted molar refractivity (Wildman–Crippen MR) is 86.6 cm³/mol. The molecule has 0 fully saturated rings. The Balaban J connectivity index is 2.52. The zero-order valence-electron chi connectivity index (χ0n) is 11.5. The SMILES string of the molecule is Cc1cn(-c2ccc(N=S(C)(C)=O)cc2Br)ccc1=O. The summed E-state index contributed by atoms with van der Waals surface area (Å²) in [6.45, 7) is 1.78. The predicted octanol–water partition coefficient (Wildman–Crippen LogP) is 3.27. The minimum Gasteiger partial charge on any atom is -0.322 e. The van der Waals surface area contributed by atoms with Crippen LogP contribution in [0.3, 0.4) is 0 Å². The van der Waals surface area contributed by atoms with Gasteiger partial charge in [0.1, 0.15) is 0 Å². The fraction of sp³-hybridized carbons (Fsp3) is 0.214. The molecule has 2 aromatic rings. The van der Waals surface area contributed by atoms with Gasteiger partial charge in [-0.15, -0.1) is 0 Å². The number of nitrogens with zero attached hydrogens (tertiary/aromatic N) is 2. The summed E-state index contributed by atoms with van der Waals surface area (Å²) in [6, 6.07) is 7.03. The van der Waals surface area contributed by atoms with Crippen LogP contribution in [0.25, 0.3) is 5.69 Å². The van der Waals surface area contributed by atoms with Gasteiger partial charge in [0, 0.05) is 50.7 Å². The Labute approximate surface area is 126 Å². The van der Waals surface area contributed by atoms with Crippen molar-refractivity contribution in [3.8, 4) is 5.69 Å². The van der Waals surface area contributed by atoms with Crippen LogP contribution in [0, 0.1) is 6.92 Å². The Morgan fingerprint density at radius 3 is 2.50 bits per heavy atom. The molecule has 2 rings (SSSR count). The molecular formula is C14H15BrN2O2S. The zero-order chi connectivity index (χ0) is 14.9. The number of hydrogen-bond acceptors (Lipinski definition) is 3. The Bertz CT molecular complexity index is 825. The van der Waals surface area contributed by atoms with Crippen molar-refractivity contribution in [2.45, 2.75) is 6.92 Å². The van der Waals surface area contributed by atoms with E-state index >= 15 is 0 Å². The molecule has 0 bridgehead atoms. The Kier molecular flexibility index (Phi) is 4.15. The van der Waals surface area contributed by atoms with Crippen LogP contribution < -0.4 is 5.43 Å². The summed E-state index contributed by atoms with van der Waals surface area (Å²) < 4.78 is 18.5. The van der Waals surface area contributed by atoms with E-state index in [2.05, 4.69) is 20.3 Å². The summed E-state index contributed by atoms with van der Waals surface area (Å²) in [4.78, 5) is 11.4. The maximum atomic E-state index is 11.7. The van der Waals surface area contributed by atoms with Crippen LogP contribution in [0.1, 0.15) is 5.56 Å². The van der Waals surface area contributed by atoms with Crippen LogP contribution in [-0.2, 0) is 9.73 Å². The third-order valence-electron chi connectivity index (χ3n) is 2.64. The largest absolute Gasteiger partial charge is 0.322 e. The van der Waals surface area contributed by atoms with Gasteiger partial charge in [-0.1, -0.05) is 0 Å². The molecule has 0 unspecified atom stereocenters. The highest BCUT2D eigenvalue weighted by Crippen LogP contribution is 2.26. The van der Waals surface area contributed by atoms with Gasteiger partial charge in [-0.25, -0.2) is 4.21 Å². The van der Waals surface area contributed by atoms with Gasteiger partial charge in [0.15, 0.2) is 5.43 Å². The monoisotopic (exact) mass is 354 g/mol. The molecule has 0 aliphatic heterocycles. The van der Waals surface area contributed by atoms with E-state index in [1.165, 1.54) is 6.07 Å². The molecule has 6 heteroatoms. The molecule has 4 nitrogen and oxygen atoms in total. The number of pyridine rings is 1. The first-order valence-corrected chi connectivity index (χ1v) is 9.05. The molecule has 0 aliphatic rings. The highest BCUT2D eigenvalue weighted by atomic mass is 79.9. The first kappa shape index (κ1) is 15.0. The average molecular weight is 355 g/mol. The van der Waals surface area contributed by atoms with Gasteiger partial charge in [0.25, 0.3) is 0 Å². The fourth-order valence-corrected chi connectivity index (χ4v) is 2.95. The van der Waals surface area contributed by atoms with Crippen LogP contribution >= 0.6 is 15.9 Å².